The van der Waals surface area contributed by atoms with Gasteiger partial charge < -0.3 is 9.97 Å². The van der Waals surface area contributed by atoms with Gasteiger partial charge in [-0.25, -0.2) is 9.97 Å². The van der Waals surface area contributed by atoms with Crippen LogP contribution in [0.25, 0.3) is 76.4 Å². The van der Waals surface area contributed by atoms with E-state index >= 15 is 0 Å². The quantitative estimate of drug-likeness (QED) is 0.246. The van der Waals surface area contributed by atoms with Crippen molar-refractivity contribution in [2.45, 2.75) is 26.7 Å². The van der Waals surface area contributed by atoms with Gasteiger partial charge in [0.1, 0.15) is 11.6 Å². The number of nitrogens with one attached hydrogen (secondary N) is 2. The van der Waals surface area contributed by atoms with Gasteiger partial charge >= 0.3 is 0 Å². The average Bonchev–Trinajstić information content (AvgIpc) is 3.58. The fourth-order valence-corrected chi connectivity index (χ4v) is 5.77. The van der Waals surface area contributed by atoms with E-state index in [-0.39, 0.29) is 0 Å². The van der Waals surface area contributed by atoms with E-state index in [1.54, 1.807) is 6.20 Å². The lowest BCUT2D eigenvalue weighted by Gasteiger charge is -2.10. The molecule has 7 nitrogen and oxygen atoms in total. The summed E-state index contributed by atoms with van der Waals surface area (Å²) in [7, 11) is 0. The Balaban J connectivity index is 1.42. The second-order valence-corrected chi connectivity index (χ2v) is 10.3. The lowest BCUT2D eigenvalue weighted by Crippen LogP contribution is -1.88. The summed E-state index contributed by atoms with van der Waals surface area (Å²) >= 11 is 0. The van der Waals surface area contributed by atoms with Crippen molar-refractivity contribution in [1.29, 1.82) is 0 Å². The third-order valence-electron chi connectivity index (χ3n) is 7.60. The van der Waals surface area contributed by atoms with E-state index in [1.165, 1.54) is 0 Å². The van der Waals surface area contributed by atoms with Crippen molar-refractivity contribution in [3.05, 3.63) is 78.8 Å². The van der Waals surface area contributed by atoms with Crippen LogP contribution in [-0.2, 0) is 0 Å². The molecule has 0 aliphatic carbocycles. The lowest BCUT2D eigenvalue weighted by molar-refractivity contribution is 0.799. The molecule has 182 valence electrons. The van der Waals surface area contributed by atoms with Gasteiger partial charge in [-0.2, -0.15) is 10.2 Å². The summed E-state index contributed by atoms with van der Waals surface area (Å²) < 4.78 is 0. The van der Waals surface area contributed by atoms with Crippen molar-refractivity contribution in [2.75, 3.05) is 0 Å². The summed E-state index contributed by atoms with van der Waals surface area (Å²) in [6.07, 6.45) is 5.50. The third kappa shape index (κ3) is 2.87. The van der Waals surface area contributed by atoms with Crippen LogP contribution in [0.4, 0.5) is 0 Å². The first-order valence-electron chi connectivity index (χ1n) is 12.8. The van der Waals surface area contributed by atoms with Crippen LogP contribution < -0.4 is 0 Å². The molecule has 0 aliphatic heterocycles. The van der Waals surface area contributed by atoms with Crippen molar-refractivity contribution >= 4 is 65.3 Å². The molecule has 38 heavy (non-hydrogen) atoms. The number of rotatable bonds is 2. The second-order valence-electron chi connectivity index (χ2n) is 10.3. The molecule has 0 spiro atoms. The zero-order chi connectivity index (χ0) is 25.5. The van der Waals surface area contributed by atoms with E-state index in [2.05, 4.69) is 76.5 Å². The Bertz CT molecular complexity index is 2240. The second kappa shape index (κ2) is 7.55. The molecule has 0 saturated heterocycles. The van der Waals surface area contributed by atoms with Crippen LogP contribution in [0.2, 0.25) is 0 Å². The number of hydrogen-bond acceptors (Lipinski definition) is 5. The molecule has 8 aromatic rings. The molecule has 0 saturated carbocycles. The largest absolute Gasteiger partial charge is 0.342 e. The number of imidazole rings is 2. The molecule has 2 N–H and O–H groups in total. The lowest BCUT2D eigenvalue weighted by atomic mass is 9.95. The Kier molecular flexibility index (Phi) is 4.21. The number of pyridine rings is 1. The summed E-state index contributed by atoms with van der Waals surface area (Å²) in [6, 6.07) is 17.3. The van der Waals surface area contributed by atoms with E-state index < -0.39 is 0 Å². The minimum absolute atomic E-state index is 0.311. The first kappa shape index (κ1) is 21.2. The van der Waals surface area contributed by atoms with Crippen LogP contribution in [0.5, 0.6) is 0 Å². The molecule has 4 aromatic heterocycles. The van der Waals surface area contributed by atoms with E-state index in [4.69, 9.17) is 15.0 Å². The minimum atomic E-state index is 0.311. The number of fused-ring (bicyclic) bond motifs is 12. The fraction of sp³-hybridized carbons (Fsp3) is 0.129. The number of aromatic amines is 2. The molecule has 7 heteroatoms. The summed E-state index contributed by atoms with van der Waals surface area (Å²) in [5.41, 5.74) is 7.23. The van der Waals surface area contributed by atoms with E-state index in [1.807, 2.05) is 25.4 Å². The van der Waals surface area contributed by atoms with Crippen molar-refractivity contribution in [3.63, 3.8) is 0 Å². The van der Waals surface area contributed by atoms with E-state index in [0.29, 0.717) is 5.92 Å². The van der Waals surface area contributed by atoms with Gasteiger partial charge in [0.05, 0.1) is 40.0 Å². The molecular weight excluding hydrogens is 470 g/mol. The SMILES string of the molecule is Cc1nc2c3cnncc3c3cc(-c4ccc5c(c4)c4ncccc4c4nc(C(C)C)[nH]c54)ccc3c2[nH]1. The maximum atomic E-state index is 4.95. The normalized spacial score (nSPS) is 12.3. The predicted molar refractivity (Wildman–Crippen MR) is 153 cm³/mol. The van der Waals surface area contributed by atoms with Crippen LogP contribution >= 0.6 is 0 Å². The number of hydrogen-bond donors (Lipinski definition) is 2. The van der Waals surface area contributed by atoms with Crippen molar-refractivity contribution in [3.8, 4) is 11.1 Å². The molecule has 4 aromatic carbocycles. The van der Waals surface area contributed by atoms with Crippen LogP contribution in [0.3, 0.4) is 0 Å². The fourth-order valence-electron chi connectivity index (χ4n) is 5.77. The van der Waals surface area contributed by atoms with Crippen molar-refractivity contribution in [1.82, 2.24) is 35.1 Å². The molecule has 0 unspecified atom stereocenters. The molecular formula is C31H23N7. The molecule has 0 amide bonds. The zero-order valence-electron chi connectivity index (χ0n) is 21.2. The van der Waals surface area contributed by atoms with Crippen molar-refractivity contribution in [2.24, 2.45) is 0 Å². The Morgan fingerprint density at radius 3 is 2.11 bits per heavy atom. The number of nitrogens with zero attached hydrogens (tertiary/aromatic N) is 5. The van der Waals surface area contributed by atoms with Crippen LogP contribution in [0.1, 0.15) is 31.4 Å². The highest BCUT2D eigenvalue weighted by Crippen LogP contribution is 2.38. The zero-order valence-corrected chi connectivity index (χ0v) is 21.2. The Labute approximate surface area is 217 Å². The minimum Gasteiger partial charge on any atom is -0.342 e. The molecule has 0 aliphatic rings. The van der Waals surface area contributed by atoms with Gasteiger partial charge in [0.25, 0.3) is 0 Å². The van der Waals surface area contributed by atoms with E-state index in [9.17, 15) is 0 Å². The summed E-state index contributed by atoms with van der Waals surface area (Å²) in [5, 5.41) is 15.9. The van der Waals surface area contributed by atoms with Crippen LogP contribution in [-0.4, -0.2) is 35.1 Å². The predicted octanol–water partition coefficient (Wildman–Crippen LogP) is 7.34. The van der Waals surface area contributed by atoms with Crippen molar-refractivity contribution < 1.29 is 0 Å². The number of benzene rings is 4. The highest BCUT2D eigenvalue weighted by molar-refractivity contribution is 6.24. The van der Waals surface area contributed by atoms with Gasteiger partial charge in [0.15, 0.2) is 0 Å². The molecule has 0 fully saturated rings. The summed E-state index contributed by atoms with van der Waals surface area (Å²) in [4.78, 5) is 21.5. The summed E-state index contributed by atoms with van der Waals surface area (Å²) in [6.45, 7) is 6.30. The number of aryl methyl sites for hydroxylation is 1. The maximum absolute atomic E-state index is 4.95. The molecule has 8 rings (SSSR count). The molecule has 0 bridgehead atoms. The topological polar surface area (TPSA) is 96.0 Å². The molecule has 0 atom stereocenters. The maximum Gasteiger partial charge on any atom is 0.109 e. The van der Waals surface area contributed by atoms with Gasteiger partial charge in [0, 0.05) is 44.4 Å². The van der Waals surface area contributed by atoms with Gasteiger partial charge in [0.2, 0.25) is 0 Å². The monoisotopic (exact) mass is 493 g/mol. The first-order valence-corrected chi connectivity index (χ1v) is 12.8. The number of aromatic nitrogens is 7. The Hall–Kier alpha value is -4.91. The molecule has 4 heterocycles. The smallest absolute Gasteiger partial charge is 0.109 e. The Morgan fingerprint density at radius 2 is 1.32 bits per heavy atom. The third-order valence-corrected chi connectivity index (χ3v) is 7.60. The standard InChI is InChI=1S/C31H23N7/c1-15(2)31-37-28-20-9-7-18(12-23(20)26-21(29(28)38-31)5-4-10-32-26)17-6-8-19-22(11-17)24-13-33-34-14-25(24)30-27(19)35-16(3)36-30/h4-15H,1-3H3,(H,35,36)(H,37,38). The van der Waals surface area contributed by atoms with Gasteiger partial charge in [-0.1, -0.05) is 38.1 Å². The van der Waals surface area contributed by atoms with Crippen LogP contribution in [0, 0.1) is 6.92 Å². The first-order chi connectivity index (χ1) is 18.6. The van der Waals surface area contributed by atoms with Gasteiger partial charge in [-0.3, -0.25) is 4.98 Å². The number of H-pyrrole nitrogens is 2. The average molecular weight is 494 g/mol. The highest BCUT2D eigenvalue weighted by atomic mass is 15.1. The Morgan fingerprint density at radius 1 is 0.632 bits per heavy atom. The van der Waals surface area contributed by atoms with Gasteiger partial charge in [-0.05, 0) is 47.7 Å². The summed E-state index contributed by atoms with van der Waals surface area (Å²) in [5.74, 6) is 2.19. The van der Waals surface area contributed by atoms with Crippen LogP contribution in [0.15, 0.2) is 67.1 Å². The molecule has 0 radical (unpaired) electrons. The van der Waals surface area contributed by atoms with Gasteiger partial charge in [-0.15, -0.1) is 0 Å². The van der Waals surface area contributed by atoms with E-state index in [0.717, 1.165) is 88.1 Å². The highest BCUT2D eigenvalue weighted by Gasteiger charge is 2.17.